The van der Waals surface area contributed by atoms with Gasteiger partial charge in [-0.25, -0.2) is 0 Å². The molecule has 2 N–H and O–H groups in total. The molecule has 5 heteroatoms. The minimum atomic E-state index is -1.14. The third-order valence-corrected chi connectivity index (χ3v) is 2.70. The van der Waals surface area contributed by atoms with Crippen LogP contribution in [-0.2, 0) is 9.59 Å². The minimum absolute atomic E-state index is 0.536. The molecule has 1 rings (SSSR count). The van der Waals surface area contributed by atoms with Crippen molar-refractivity contribution in [3.8, 4) is 5.75 Å². The van der Waals surface area contributed by atoms with Crippen molar-refractivity contribution in [2.24, 2.45) is 5.92 Å². The van der Waals surface area contributed by atoms with Gasteiger partial charge in [0.2, 0.25) is 5.91 Å². The fourth-order valence-electron chi connectivity index (χ4n) is 1.71. The average Bonchev–Trinajstić information content (AvgIpc) is 2.27. The number of carboxylic acids is 1. The van der Waals surface area contributed by atoms with Crippen molar-refractivity contribution in [3.63, 3.8) is 0 Å². The molecule has 1 aromatic rings. The first kappa shape index (κ1) is 14.0. The van der Waals surface area contributed by atoms with E-state index in [0.717, 1.165) is 16.9 Å². The van der Waals surface area contributed by atoms with Crippen LogP contribution < -0.4 is 10.1 Å². The Bertz CT molecular complexity index is 459. The Balaban J connectivity index is 2.93. The lowest BCUT2D eigenvalue weighted by Gasteiger charge is -2.13. The summed E-state index contributed by atoms with van der Waals surface area (Å²) in [6.45, 7) is 5.07. The third kappa shape index (κ3) is 3.00. The monoisotopic (exact) mass is 251 g/mol. The zero-order valence-corrected chi connectivity index (χ0v) is 10.9. The number of anilines is 1. The molecule has 1 unspecified atom stereocenters. The first-order valence-corrected chi connectivity index (χ1v) is 5.55. The Morgan fingerprint density at radius 3 is 2.17 bits per heavy atom. The van der Waals surface area contributed by atoms with Crippen molar-refractivity contribution in [2.45, 2.75) is 20.8 Å². The van der Waals surface area contributed by atoms with E-state index in [-0.39, 0.29) is 0 Å². The van der Waals surface area contributed by atoms with Gasteiger partial charge in [-0.3, -0.25) is 9.59 Å². The number of aliphatic carboxylic acids is 1. The van der Waals surface area contributed by atoms with Gasteiger partial charge in [0.25, 0.3) is 0 Å². The van der Waals surface area contributed by atoms with E-state index in [1.165, 1.54) is 6.92 Å². The van der Waals surface area contributed by atoms with Gasteiger partial charge in [-0.2, -0.15) is 0 Å². The van der Waals surface area contributed by atoms with E-state index in [9.17, 15) is 9.59 Å². The molecule has 0 bridgehead atoms. The summed E-state index contributed by atoms with van der Waals surface area (Å²) in [5, 5.41) is 11.3. The lowest BCUT2D eigenvalue weighted by atomic mass is 10.1. The summed E-state index contributed by atoms with van der Waals surface area (Å²) in [6, 6.07) is 3.50. The molecule has 1 atom stereocenters. The third-order valence-electron chi connectivity index (χ3n) is 2.70. The fourth-order valence-corrected chi connectivity index (χ4v) is 1.71. The number of benzene rings is 1. The number of ether oxygens (including phenoxy) is 1. The van der Waals surface area contributed by atoms with Gasteiger partial charge in [0.05, 0.1) is 7.11 Å². The zero-order chi connectivity index (χ0) is 13.9. The van der Waals surface area contributed by atoms with Crippen LogP contribution in [0.4, 0.5) is 5.69 Å². The number of nitrogens with one attached hydrogen (secondary N) is 1. The molecule has 0 saturated carbocycles. The number of amides is 1. The molecule has 18 heavy (non-hydrogen) atoms. The highest BCUT2D eigenvalue weighted by atomic mass is 16.5. The molecule has 0 aliphatic rings. The van der Waals surface area contributed by atoms with Gasteiger partial charge < -0.3 is 15.2 Å². The van der Waals surface area contributed by atoms with Crippen LogP contribution in [0.5, 0.6) is 5.75 Å². The van der Waals surface area contributed by atoms with E-state index in [4.69, 9.17) is 9.84 Å². The standard InChI is InChI=1S/C13H17NO4/c1-7-5-10(6-8(2)11(7)18-4)14-12(15)9(3)13(16)17/h5-6,9H,1-4H3,(H,14,15)(H,16,17). The normalized spacial score (nSPS) is 11.8. The Morgan fingerprint density at radius 1 is 1.28 bits per heavy atom. The quantitative estimate of drug-likeness (QED) is 0.802. The van der Waals surface area contributed by atoms with Crippen LogP contribution in [0.15, 0.2) is 12.1 Å². The van der Waals surface area contributed by atoms with E-state index in [1.54, 1.807) is 19.2 Å². The first-order chi connectivity index (χ1) is 8.36. The molecular formula is C13H17NO4. The van der Waals surface area contributed by atoms with Crippen molar-refractivity contribution in [3.05, 3.63) is 23.3 Å². The molecule has 5 nitrogen and oxygen atoms in total. The van der Waals surface area contributed by atoms with E-state index < -0.39 is 17.8 Å². The van der Waals surface area contributed by atoms with E-state index in [0.29, 0.717) is 5.69 Å². The highest BCUT2D eigenvalue weighted by Crippen LogP contribution is 2.26. The van der Waals surface area contributed by atoms with Crippen LogP contribution in [0.1, 0.15) is 18.1 Å². The van der Waals surface area contributed by atoms with Crippen LogP contribution in [0.2, 0.25) is 0 Å². The van der Waals surface area contributed by atoms with E-state index in [2.05, 4.69) is 5.32 Å². The molecule has 0 heterocycles. The van der Waals surface area contributed by atoms with Gasteiger partial charge in [-0.1, -0.05) is 0 Å². The predicted octanol–water partition coefficient (Wildman–Crippen LogP) is 1.97. The predicted molar refractivity (Wildman–Crippen MR) is 67.9 cm³/mol. The first-order valence-electron chi connectivity index (χ1n) is 5.55. The summed E-state index contributed by atoms with van der Waals surface area (Å²) < 4.78 is 5.21. The molecule has 0 fully saturated rings. The van der Waals surface area contributed by atoms with Crippen molar-refractivity contribution in [1.29, 1.82) is 0 Å². The van der Waals surface area contributed by atoms with Crippen molar-refractivity contribution >= 4 is 17.6 Å². The summed E-state index contributed by atoms with van der Waals surface area (Å²) in [6.07, 6.45) is 0. The summed E-state index contributed by atoms with van der Waals surface area (Å²) >= 11 is 0. The topological polar surface area (TPSA) is 75.6 Å². The molecule has 0 saturated heterocycles. The van der Waals surface area contributed by atoms with Gasteiger partial charge in [-0.15, -0.1) is 0 Å². The summed E-state index contributed by atoms with van der Waals surface area (Å²) in [4.78, 5) is 22.3. The van der Waals surface area contributed by atoms with Crippen LogP contribution in [0.3, 0.4) is 0 Å². The van der Waals surface area contributed by atoms with Crippen LogP contribution in [-0.4, -0.2) is 24.1 Å². The second kappa shape index (κ2) is 5.53. The number of carboxylic acid groups (broad SMARTS) is 1. The van der Waals surface area contributed by atoms with Gasteiger partial charge in [0.1, 0.15) is 11.7 Å². The Hall–Kier alpha value is -2.04. The van der Waals surface area contributed by atoms with Gasteiger partial charge in [-0.05, 0) is 44.0 Å². The second-order valence-electron chi connectivity index (χ2n) is 4.19. The molecular weight excluding hydrogens is 234 g/mol. The molecule has 0 spiro atoms. The average molecular weight is 251 g/mol. The fraction of sp³-hybridized carbons (Fsp3) is 0.385. The zero-order valence-electron chi connectivity index (χ0n) is 10.9. The van der Waals surface area contributed by atoms with Crippen molar-refractivity contribution in [2.75, 3.05) is 12.4 Å². The smallest absolute Gasteiger partial charge is 0.315 e. The largest absolute Gasteiger partial charge is 0.496 e. The molecule has 98 valence electrons. The van der Waals surface area contributed by atoms with E-state index >= 15 is 0 Å². The van der Waals surface area contributed by atoms with E-state index in [1.807, 2.05) is 13.8 Å². The number of methoxy groups -OCH3 is 1. The maximum Gasteiger partial charge on any atom is 0.315 e. The highest BCUT2D eigenvalue weighted by Gasteiger charge is 2.20. The SMILES string of the molecule is COc1c(C)cc(NC(=O)C(C)C(=O)O)cc1C. The molecule has 0 aliphatic heterocycles. The van der Waals surface area contributed by atoms with Crippen LogP contribution in [0.25, 0.3) is 0 Å². The lowest BCUT2D eigenvalue weighted by Crippen LogP contribution is -2.26. The Labute approximate surface area is 106 Å². The van der Waals surface area contributed by atoms with Crippen LogP contribution >= 0.6 is 0 Å². The maximum atomic E-state index is 11.6. The molecule has 0 aromatic heterocycles. The maximum absolute atomic E-state index is 11.6. The molecule has 1 amide bonds. The lowest BCUT2D eigenvalue weighted by molar-refractivity contribution is -0.144. The molecule has 0 aliphatic carbocycles. The highest BCUT2D eigenvalue weighted by molar-refractivity contribution is 6.03. The number of carbonyl (C=O) groups is 2. The number of rotatable bonds is 4. The number of hydrogen-bond donors (Lipinski definition) is 2. The van der Waals surface area contributed by atoms with Gasteiger partial charge in [0, 0.05) is 5.69 Å². The Kier molecular flexibility index (Phi) is 4.31. The summed E-state index contributed by atoms with van der Waals surface area (Å²) in [5.74, 6) is -1.99. The number of carbonyl (C=O) groups excluding carboxylic acids is 1. The molecule has 0 radical (unpaired) electrons. The second-order valence-corrected chi connectivity index (χ2v) is 4.19. The summed E-state index contributed by atoms with van der Waals surface area (Å²) in [7, 11) is 1.58. The molecule has 1 aromatic carbocycles. The van der Waals surface area contributed by atoms with Gasteiger partial charge >= 0.3 is 5.97 Å². The summed E-state index contributed by atoms with van der Waals surface area (Å²) in [5.41, 5.74) is 2.34. The minimum Gasteiger partial charge on any atom is -0.496 e. The van der Waals surface area contributed by atoms with Crippen molar-refractivity contribution in [1.82, 2.24) is 0 Å². The van der Waals surface area contributed by atoms with Crippen LogP contribution in [0, 0.1) is 19.8 Å². The van der Waals surface area contributed by atoms with Crippen molar-refractivity contribution < 1.29 is 19.4 Å². The Morgan fingerprint density at radius 2 is 1.78 bits per heavy atom. The number of hydrogen-bond acceptors (Lipinski definition) is 3. The number of aryl methyl sites for hydroxylation is 2. The van der Waals surface area contributed by atoms with Gasteiger partial charge in [0.15, 0.2) is 0 Å².